The standard InChI is InChI=1S/C16H15BrClN3O3/c1-20(9-11-2-4-12(17)5-3-11)10-16(22)19-13-6-7-14(18)15(8-13)21(23)24/h2-8H,9-10H2,1H3,(H,19,22)/p+1. The first kappa shape index (κ1) is 18.4. The topological polar surface area (TPSA) is 76.7 Å². The number of nitrogens with one attached hydrogen (secondary N) is 2. The lowest BCUT2D eigenvalue weighted by Crippen LogP contribution is -3.08. The van der Waals surface area contributed by atoms with Gasteiger partial charge >= 0.3 is 0 Å². The van der Waals surface area contributed by atoms with Crippen LogP contribution in [0.1, 0.15) is 5.56 Å². The molecule has 1 atom stereocenters. The number of nitrogens with zero attached hydrogens (tertiary/aromatic N) is 1. The third kappa shape index (κ3) is 5.30. The smallest absolute Gasteiger partial charge is 0.289 e. The Morgan fingerprint density at radius 1 is 1.29 bits per heavy atom. The number of hydrogen-bond acceptors (Lipinski definition) is 3. The van der Waals surface area contributed by atoms with Gasteiger partial charge < -0.3 is 10.2 Å². The van der Waals surface area contributed by atoms with E-state index in [1.807, 2.05) is 31.3 Å². The summed E-state index contributed by atoms with van der Waals surface area (Å²) in [6, 6.07) is 12.1. The van der Waals surface area contributed by atoms with Gasteiger partial charge in [0, 0.05) is 21.8 Å². The molecule has 2 N–H and O–H groups in total. The second-order valence-electron chi connectivity index (χ2n) is 5.41. The number of halogens is 2. The number of likely N-dealkylation sites (N-methyl/N-ethyl adjacent to an activating group) is 1. The zero-order valence-corrected chi connectivity index (χ0v) is 15.2. The number of benzene rings is 2. The Labute approximate surface area is 152 Å². The molecule has 0 radical (unpaired) electrons. The Bertz CT molecular complexity index is 753. The van der Waals surface area contributed by atoms with Crippen molar-refractivity contribution in [2.75, 3.05) is 18.9 Å². The Morgan fingerprint density at radius 3 is 2.58 bits per heavy atom. The van der Waals surface area contributed by atoms with Gasteiger partial charge in [0.05, 0.1) is 12.0 Å². The second-order valence-corrected chi connectivity index (χ2v) is 6.73. The molecule has 0 aliphatic rings. The van der Waals surface area contributed by atoms with Gasteiger partial charge in [-0.1, -0.05) is 39.7 Å². The lowest BCUT2D eigenvalue weighted by atomic mass is 10.2. The first-order valence-corrected chi connectivity index (χ1v) is 8.32. The van der Waals surface area contributed by atoms with Crippen LogP contribution in [0.5, 0.6) is 0 Å². The molecule has 126 valence electrons. The van der Waals surface area contributed by atoms with Crippen molar-refractivity contribution in [2.24, 2.45) is 0 Å². The maximum absolute atomic E-state index is 12.1. The van der Waals surface area contributed by atoms with Gasteiger partial charge in [0.2, 0.25) is 0 Å². The summed E-state index contributed by atoms with van der Waals surface area (Å²) in [5.41, 5.74) is 1.24. The fraction of sp³-hybridized carbons (Fsp3) is 0.188. The minimum atomic E-state index is -0.580. The quantitative estimate of drug-likeness (QED) is 0.565. The fourth-order valence-corrected chi connectivity index (χ4v) is 2.67. The van der Waals surface area contributed by atoms with E-state index >= 15 is 0 Å². The van der Waals surface area contributed by atoms with Crippen LogP contribution in [0.25, 0.3) is 0 Å². The fourth-order valence-electron chi connectivity index (χ4n) is 2.22. The van der Waals surface area contributed by atoms with Crippen molar-refractivity contribution >= 4 is 44.8 Å². The maximum Gasteiger partial charge on any atom is 0.289 e. The number of carbonyl (C=O) groups is 1. The van der Waals surface area contributed by atoms with Gasteiger partial charge in [-0.2, -0.15) is 0 Å². The highest BCUT2D eigenvalue weighted by Gasteiger charge is 2.15. The molecule has 2 aromatic rings. The normalized spacial score (nSPS) is 11.8. The van der Waals surface area contributed by atoms with Crippen LogP contribution < -0.4 is 10.2 Å². The summed E-state index contributed by atoms with van der Waals surface area (Å²) in [5.74, 6) is -0.221. The van der Waals surface area contributed by atoms with Gasteiger partial charge in [0.25, 0.3) is 11.6 Å². The van der Waals surface area contributed by atoms with Crippen LogP contribution in [0.2, 0.25) is 5.02 Å². The molecule has 0 aliphatic carbocycles. The molecular weight excluding hydrogens is 398 g/mol. The van der Waals surface area contributed by atoms with Gasteiger partial charge in [-0.15, -0.1) is 0 Å². The van der Waals surface area contributed by atoms with Crippen molar-refractivity contribution in [1.29, 1.82) is 0 Å². The Hall–Kier alpha value is -1.96. The van der Waals surface area contributed by atoms with Crippen LogP contribution in [0.3, 0.4) is 0 Å². The predicted molar refractivity (Wildman–Crippen MR) is 96.3 cm³/mol. The van der Waals surface area contributed by atoms with Gasteiger partial charge in [0.15, 0.2) is 6.54 Å². The number of nitro groups is 1. The summed E-state index contributed by atoms with van der Waals surface area (Å²) in [6.07, 6.45) is 0. The average Bonchev–Trinajstić information content (AvgIpc) is 2.51. The van der Waals surface area contributed by atoms with Crippen molar-refractivity contribution in [2.45, 2.75) is 6.54 Å². The van der Waals surface area contributed by atoms with E-state index in [0.29, 0.717) is 12.2 Å². The molecule has 6 nitrogen and oxygen atoms in total. The van der Waals surface area contributed by atoms with E-state index in [4.69, 9.17) is 11.6 Å². The number of carbonyl (C=O) groups excluding carboxylic acids is 1. The molecule has 2 aromatic carbocycles. The molecule has 0 bridgehead atoms. The molecule has 0 aliphatic heterocycles. The molecule has 0 saturated heterocycles. The van der Waals surface area contributed by atoms with Crippen molar-refractivity contribution in [3.63, 3.8) is 0 Å². The van der Waals surface area contributed by atoms with E-state index < -0.39 is 4.92 Å². The molecule has 24 heavy (non-hydrogen) atoms. The average molecular weight is 414 g/mol. The van der Waals surface area contributed by atoms with Crippen LogP contribution >= 0.6 is 27.5 Å². The molecule has 8 heteroatoms. The molecule has 2 rings (SSSR count). The number of nitro benzene ring substituents is 1. The Morgan fingerprint density at radius 2 is 1.96 bits per heavy atom. The second kappa shape index (κ2) is 8.23. The Kier molecular flexibility index (Phi) is 6.30. The molecule has 1 unspecified atom stereocenters. The van der Waals surface area contributed by atoms with Gasteiger partial charge in [0.1, 0.15) is 11.6 Å². The van der Waals surface area contributed by atoms with Gasteiger partial charge in [-0.05, 0) is 24.3 Å². The third-order valence-corrected chi connectivity index (χ3v) is 4.16. The molecule has 0 spiro atoms. The highest BCUT2D eigenvalue weighted by atomic mass is 79.9. The minimum Gasteiger partial charge on any atom is -0.326 e. The van der Waals surface area contributed by atoms with Gasteiger partial charge in [-0.25, -0.2) is 0 Å². The molecule has 0 aromatic heterocycles. The molecule has 0 fully saturated rings. The van der Waals surface area contributed by atoms with Crippen molar-refractivity contribution in [3.05, 3.63) is 67.6 Å². The van der Waals surface area contributed by atoms with Crippen LogP contribution in [-0.4, -0.2) is 24.4 Å². The maximum atomic E-state index is 12.1. The first-order valence-electron chi connectivity index (χ1n) is 7.14. The van der Waals surface area contributed by atoms with Crippen molar-refractivity contribution in [3.8, 4) is 0 Å². The van der Waals surface area contributed by atoms with Crippen LogP contribution in [-0.2, 0) is 11.3 Å². The molecule has 0 saturated carbocycles. The number of hydrogen-bond donors (Lipinski definition) is 2. The van der Waals surface area contributed by atoms with E-state index in [2.05, 4.69) is 21.2 Å². The summed E-state index contributed by atoms with van der Waals surface area (Å²) >= 11 is 9.13. The monoisotopic (exact) mass is 412 g/mol. The van der Waals surface area contributed by atoms with E-state index in [9.17, 15) is 14.9 Å². The third-order valence-electron chi connectivity index (χ3n) is 3.31. The predicted octanol–water partition coefficient (Wildman–Crippen LogP) is 2.66. The largest absolute Gasteiger partial charge is 0.326 e. The summed E-state index contributed by atoms with van der Waals surface area (Å²) in [6.45, 7) is 0.938. The molecule has 1 amide bonds. The highest BCUT2D eigenvalue weighted by Crippen LogP contribution is 2.27. The van der Waals surface area contributed by atoms with Crippen LogP contribution in [0, 0.1) is 10.1 Å². The number of quaternary nitrogens is 1. The van der Waals surface area contributed by atoms with Crippen LogP contribution in [0.4, 0.5) is 11.4 Å². The molecular formula is C16H16BrClN3O3+. The summed E-state index contributed by atoms with van der Waals surface area (Å²) < 4.78 is 1.01. The zero-order valence-electron chi connectivity index (χ0n) is 12.9. The van der Waals surface area contributed by atoms with Crippen molar-refractivity contribution < 1.29 is 14.6 Å². The van der Waals surface area contributed by atoms with E-state index in [0.717, 1.165) is 14.9 Å². The summed E-state index contributed by atoms with van der Waals surface area (Å²) in [5, 5.41) is 13.6. The van der Waals surface area contributed by atoms with Crippen LogP contribution in [0.15, 0.2) is 46.9 Å². The first-order chi connectivity index (χ1) is 11.3. The minimum absolute atomic E-state index is 0.0379. The van der Waals surface area contributed by atoms with E-state index in [1.165, 1.54) is 18.2 Å². The number of amides is 1. The van der Waals surface area contributed by atoms with E-state index in [-0.39, 0.29) is 23.2 Å². The number of anilines is 1. The lowest BCUT2D eigenvalue weighted by molar-refractivity contribution is -0.885. The van der Waals surface area contributed by atoms with Gasteiger partial charge in [-0.3, -0.25) is 14.9 Å². The molecule has 0 heterocycles. The Balaban J connectivity index is 1.94. The summed E-state index contributed by atoms with van der Waals surface area (Å²) in [4.78, 5) is 23.4. The number of rotatable bonds is 6. The zero-order chi connectivity index (χ0) is 17.7. The summed E-state index contributed by atoms with van der Waals surface area (Å²) in [7, 11) is 1.91. The SMILES string of the molecule is C[NH+](CC(=O)Nc1ccc(Cl)c([N+](=O)[O-])c1)Cc1ccc(Br)cc1. The van der Waals surface area contributed by atoms with Crippen molar-refractivity contribution in [1.82, 2.24) is 0 Å². The lowest BCUT2D eigenvalue weighted by Gasteiger charge is -2.14. The highest BCUT2D eigenvalue weighted by molar-refractivity contribution is 9.10. The van der Waals surface area contributed by atoms with E-state index in [1.54, 1.807) is 0 Å².